The molecule has 0 radical (unpaired) electrons. The predicted octanol–water partition coefficient (Wildman–Crippen LogP) is 4.62. The Morgan fingerprint density at radius 2 is 2.03 bits per heavy atom. The molecule has 0 bridgehead atoms. The summed E-state index contributed by atoms with van der Waals surface area (Å²) in [7, 11) is 0. The molecule has 0 aliphatic carbocycles. The highest BCUT2D eigenvalue weighted by molar-refractivity contribution is 7.22. The van der Waals surface area contributed by atoms with E-state index in [0.29, 0.717) is 15.8 Å². The number of rotatable bonds is 5. The molecule has 0 aliphatic heterocycles. The van der Waals surface area contributed by atoms with Crippen molar-refractivity contribution in [2.75, 3.05) is 5.01 Å². The highest BCUT2D eigenvalue weighted by Gasteiger charge is 2.23. The second-order valence-corrected chi connectivity index (χ2v) is 6.81. The number of carbonyl (C=O) groups excluding carboxylic acids is 1. The molecule has 2 aromatic carbocycles. The lowest BCUT2D eigenvalue weighted by Crippen LogP contribution is -2.25. The Labute approximate surface area is 166 Å². The van der Waals surface area contributed by atoms with Gasteiger partial charge in [-0.1, -0.05) is 11.3 Å². The van der Waals surface area contributed by atoms with Crippen molar-refractivity contribution in [1.82, 2.24) is 4.98 Å². The molecule has 10 heteroatoms. The number of furan rings is 1. The summed E-state index contributed by atoms with van der Waals surface area (Å²) >= 11 is 1.10. The summed E-state index contributed by atoms with van der Waals surface area (Å²) in [6, 6.07) is 12.9. The molecule has 2 aromatic heterocycles. The van der Waals surface area contributed by atoms with Crippen LogP contribution in [0.4, 0.5) is 15.2 Å². The molecular weight excluding hydrogens is 399 g/mol. The number of nitro benzene ring substituents is 1. The zero-order chi connectivity index (χ0) is 20.4. The lowest BCUT2D eigenvalue weighted by Gasteiger charge is -2.11. The van der Waals surface area contributed by atoms with Crippen molar-refractivity contribution in [1.29, 1.82) is 0 Å². The van der Waals surface area contributed by atoms with E-state index in [1.165, 1.54) is 61.0 Å². The van der Waals surface area contributed by atoms with E-state index in [1.54, 1.807) is 6.07 Å². The van der Waals surface area contributed by atoms with Gasteiger partial charge in [0, 0.05) is 12.1 Å². The highest BCUT2D eigenvalue weighted by Crippen LogP contribution is 2.30. The molecule has 0 fully saturated rings. The maximum atomic E-state index is 13.5. The largest absolute Gasteiger partial charge is 0.459 e. The van der Waals surface area contributed by atoms with Crippen molar-refractivity contribution in [3.63, 3.8) is 0 Å². The van der Waals surface area contributed by atoms with Crippen molar-refractivity contribution < 1.29 is 18.5 Å². The summed E-state index contributed by atoms with van der Waals surface area (Å²) < 4.78 is 19.2. The number of amides is 1. The number of thiazole rings is 1. The summed E-state index contributed by atoms with van der Waals surface area (Å²) in [6.07, 6.45) is 2.73. The molecule has 0 N–H and O–H groups in total. The van der Waals surface area contributed by atoms with Crippen LogP contribution < -0.4 is 5.01 Å². The van der Waals surface area contributed by atoms with Gasteiger partial charge in [-0.3, -0.25) is 14.9 Å². The van der Waals surface area contributed by atoms with Crippen LogP contribution in [0.15, 0.2) is 70.4 Å². The lowest BCUT2D eigenvalue weighted by atomic mass is 10.2. The molecule has 4 rings (SSSR count). The van der Waals surface area contributed by atoms with E-state index in [2.05, 4.69) is 10.1 Å². The van der Waals surface area contributed by atoms with Crippen LogP contribution in [0.1, 0.15) is 16.1 Å². The minimum absolute atomic E-state index is 0.0521. The molecule has 8 nitrogen and oxygen atoms in total. The molecule has 2 heterocycles. The number of hydrazone groups is 1. The lowest BCUT2D eigenvalue weighted by molar-refractivity contribution is -0.384. The normalized spacial score (nSPS) is 11.2. The number of non-ortho nitro benzene ring substituents is 1. The number of carbonyl (C=O) groups is 1. The van der Waals surface area contributed by atoms with E-state index < -0.39 is 16.6 Å². The summed E-state index contributed by atoms with van der Waals surface area (Å²) in [5.41, 5.74) is 1.01. The molecule has 0 atom stereocenters. The van der Waals surface area contributed by atoms with E-state index in [0.717, 1.165) is 16.3 Å². The van der Waals surface area contributed by atoms with E-state index >= 15 is 0 Å². The maximum Gasteiger partial charge on any atom is 0.316 e. The molecule has 0 unspecified atom stereocenters. The van der Waals surface area contributed by atoms with Crippen molar-refractivity contribution in [3.05, 3.63) is 88.1 Å². The van der Waals surface area contributed by atoms with Gasteiger partial charge in [0.1, 0.15) is 5.82 Å². The predicted molar refractivity (Wildman–Crippen MR) is 106 cm³/mol. The first-order valence-corrected chi connectivity index (χ1v) is 9.05. The van der Waals surface area contributed by atoms with Crippen LogP contribution in [0.5, 0.6) is 0 Å². The summed E-state index contributed by atoms with van der Waals surface area (Å²) in [5, 5.41) is 16.2. The third-order valence-corrected chi connectivity index (χ3v) is 4.86. The number of hydrogen-bond donors (Lipinski definition) is 0. The van der Waals surface area contributed by atoms with Crippen molar-refractivity contribution in [2.45, 2.75) is 0 Å². The van der Waals surface area contributed by atoms with Gasteiger partial charge in [0.2, 0.25) is 5.13 Å². The van der Waals surface area contributed by atoms with Gasteiger partial charge in [-0.15, -0.1) is 0 Å². The molecule has 144 valence electrons. The van der Waals surface area contributed by atoms with Crippen LogP contribution in [0.25, 0.3) is 10.2 Å². The molecule has 1 amide bonds. The van der Waals surface area contributed by atoms with Crippen LogP contribution in [0, 0.1) is 15.9 Å². The van der Waals surface area contributed by atoms with Gasteiger partial charge in [0.15, 0.2) is 5.76 Å². The van der Waals surface area contributed by atoms with Gasteiger partial charge >= 0.3 is 5.91 Å². The molecular formula is C19H11FN4O4S. The zero-order valence-electron chi connectivity index (χ0n) is 14.6. The molecule has 0 saturated heterocycles. The number of benzene rings is 2. The number of hydrogen-bond acceptors (Lipinski definition) is 7. The van der Waals surface area contributed by atoms with Crippen LogP contribution >= 0.6 is 11.3 Å². The Morgan fingerprint density at radius 1 is 1.24 bits per heavy atom. The first kappa shape index (κ1) is 18.4. The fraction of sp³-hybridized carbons (Fsp3) is 0. The first-order valence-electron chi connectivity index (χ1n) is 8.24. The zero-order valence-corrected chi connectivity index (χ0v) is 15.4. The Hall–Kier alpha value is -3.92. The van der Waals surface area contributed by atoms with Gasteiger partial charge in [-0.25, -0.2) is 9.37 Å². The molecule has 0 spiro atoms. The maximum absolute atomic E-state index is 13.5. The number of nitro groups is 1. The van der Waals surface area contributed by atoms with Crippen LogP contribution in [-0.2, 0) is 0 Å². The number of nitrogens with zero attached hydrogens (tertiary/aromatic N) is 4. The molecule has 4 aromatic rings. The second-order valence-electron chi connectivity index (χ2n) is 5.80. The molecule has 0 aliphatic rings. The number of aromatic nitrogens is 1. The highest BCUT2D eigenvalue weighted by atomic mass is 32.1. The third-order valence-electron chi connectivity index (χ3n) is 3.87. The minimum Gasteiger partial charge on any atom is -0.459 e. The SMILES string of the molecule is O=C(c1ccco1)N(/N=C/c1ccc([N+](=O)[O-])cc1)c1nc2ccc(F)cc2s1. The number of halogens is 1. The van der Waals surface area contributed by atoms with Gasteiger partial charge in [-0.05, 0) is 48.0 Å². The number of fused-ring (bicyclic) bond motifs is 1. The standard InChI is InChI=1S/C19H11FN4O4S/c20-13-5-8-15-17(10-13)29-19(22-15)23(18(25)16-2-1-9-28-16)21-11-12-3-6-14(7-4-12)24(26)27/h1-11H/b21-11+. The van der Waals surface area contributed by atoms with Crippen molar-refractivity contribution in [3.8, 4) is 0 Å². The Morgan fingerprint density at radius 3 is 2.72 bits per heavy atom. The third kappa shape index (κ3) is 3.87. The van der Waals surface area contributed by atoms with Gasteiger partial charge in [0.25, 0.3) is 5.69 Å². The van der Waals surface area contributed by atoms with E-state index in [9.17, 15) is 19.3 Å². The van der Waals surface area contributed by atoms with E-state index in [-0.39, 0.29) is 16.6 Å². The van der Waals surface area contributed by atoms with Crippen LogP contribution in [0.3, 0.4) is 0 Å². The number of anilines is 1. The minimum atomic E-state index is -0.562. The van der Waals surface area contributed by atoms with E-state index in [4.69, 9.17) is 4.42 Å². The smallest absolute Gasteiger partial charge is 0.316 e. The fourth-order valence-electron chi connectivity index (χ4n) is 2.48. The quantitative estimate of drug-likeness (QED) is 0.271. The van der Waals surface area contributed by atoms with Crippen molar-refractivity contribution >= 4 is 44.5 Å². The van der Waals surface area contributed by atoms with Crippen LogP contribution in [-0.4, -0.2) is 22.0 Å². The molecule has 29 heavy (non-hydrogen) atoms. The summed E-state index contributed by atoms with van der Waals surface area (Å²) in [5.74, 6) is -0.921. The Balaban J connectivity index is 1.71. The Kier molecular flexibility index (Phi) is 4.83. The van der Waals surface area contributed by atoms with Crippen molar-refractivity contribution in [2.24, 2.45) is 5.10 Å². The monoisotopic (exact) mass is 410 g/mol. The van der Waals surface area contributed by atoms with Gasteiger partial charge in [0.05, 0.1) is 27.6 Å². The fourth-order valence-corrected chi connectivity index (χ4v) is 3.42. The van der Waals surface area contributed by atoms with E-state index in [1.807, 2.05) is 0 Å². The van der Waals surface area contributed by atoms with Gasteiger partial charge in [-0.2, -0.15) is 10.1 Å². The summed E-state index contributed by atoms with van der Waals surface area (Å²) in [6.45, 7) is 0. The average Bonchev–Trinajstić information content (AvgIpc) is 3.38. The topological polar surface area (TPSA) is 102 Å². The van der Waals surface area contributed by atoms with Crippen LogP contribution in [0.2, 0.25) is 0 Å². The molecule has 0 saturated carbocycles. The van der Waals surface area contributed by atoms with Gasteiger partial charge < -0.3 is 4.42 Å². The first-order chi connectivity index (χ1) is 14.0. The average molecular weight is 410 g/mol. The Bertz CT molecular complexity index is 1220. The second kappa shape index (κ2) is 7.60. The summed E-state index contributed by atoms with van der Waals surface area (Å²) in [4.78, 5) is 27.4.